The molecule has 2 aromatic carbocycles. The van der Waals surface area contributed by atoms with Gasteiger partial charge in [0, 0.05) is 25.1 Å². The molecule has 0 aromatic heterocycles. The van der Waals surface area contributed by atoms with Gasteiger partial charge in [0.1, 0.15) is 11.6 Å². The molecule has 172 valence electrons. The molecule has 0 aliphatic carbocycles. The van der Waals surface area contributed by atoms with Crippen molar-refractivity contribution in [2.24, 2.45) is 5.16 Å². The SMILES string of the molecule is CCOc1ccc(S(=O)(=O)N(CC)CC)cc1NC(=O)C1CC(c2cccc(F)c2)=NO1. The number of benzene rings is 2. The molecule has 0 bridgehead atoms. The average molecular weight is 464 g/mol. The second kappa shape index (κ2) is 10.1. The largest absolute Gasteiger partial charge is 0.492 e. The van der Waals surface area contributed by atoms with Gasteiger partial charge in [-0.25, -0.2) is 12.8 Å². The van der Waals surface area contributed by atoms with Crippen molar-refractivity contribution in [2.75, 3.05) is 25.0 Å². The monoisotopic (exact) mass is 463 g/mol. The number of halogens is 1. The molecule has 1 aliphatic heterocycles. The Hall–Kier alpha value is -2.98. The van der Waals surface area contributed by atoms with Crippen molar-refractivity contribution >= 4 is 27.3 Å². The molecule has 2 aromatic rings. The number of hydrogen-bond donors (Lipinski definition) is 1. The quantitative estimate of drug-likeness (QED) is 0.615. The summed E-state index contributed by atoms with van der Waals surface area (Å²) in [5.74, 6) is -0.590. The Kier molecular flexibility index (Phi) is 7.47. The number of carbonyl (C=O) groups is 1. The second-order valence-electron chi connectivity index (χ2n) is 7.02. The van der Waals surface area contributed by atoms with E-state index in [1.165, 1.54) is 34.6 Å². The number of nitrogens with one attached hydrogen (secondary N) is 1. The highest BCUT2D eigenvalue weighted by Gasteiger charge is 2.30. The number of amides is 1. The Labute approximate surface area is 187 Å². The first-order valence-corrected chi connectivity index (χ1v) is 11.8. The molecule has 0 radical (unpaired) electrons. The second-order valence-corrected chi connectivity index (χ2v) is 8.95. The van der Waals surface area contributed by atoms with Gasteiger partial charge in [0.15, 0.2) is 0 Å². The van der Waals surface area contributed by atoms with Crippen LogP contribution in [0.4, 0.5) is 10.1 Å². The van der Waals surface area contributed by atoms with E-state index < -0.39 is 27.9 Å². The van der Waals surface area contributed by atoms with Crippen molar-refractivity contribution in [3.63, 3.8) is 0 Å². The first-order valence-electron chi connectivity index (χ1n) is 10.4. The predicted octanol–water partition coefficient (Wildman–Crippen LogP) is 3.39. The summed E-state index contributed by atoms with van der Waals surface area (Å²) in [4.78, 5) is 18.1. The molecule has 10 heteroatoms. The lowest BCUT2D eigenvalue weighted by Gasteiger charge is -2.20. The van der Waals surface area contributed by atoms with Crippen LogP contribution in [0.3, 0.4) is 0 Å². The Morgan fingerprint density at radius 3 is 2.62 bits per heavy atom. The third-order valence-electron chi connectivity index (χ3n) is 4.97. The molecule has 8 nitrogen and oxygen atoms in total. The minimum atomic E-state index is -3.72. The third-order valence-corrected chi connectivity index (χ3v) is 7.02. The van der Waals surface area contributed by atoms with E-state index in [0.29, 0.717) is 36.7 Å². The number of nitrogens with zero attached hydrogens (tertiary/aromatic N) is 2. The van der Waals surface area contributed by atoms with Crippen molar-refractivity contribution in [1.82, 2.24) is 4.31 Å². The zero-order valence-electron chi connectivity index (χ0n) is 18.2. The van der Waals surface area contributed by atoms with Gasteiger partial charge in [-0.1, -0.05) is 31.1 Å². The Balaban J connectivity index is 1.80. The fourth-order valence-electron chi connectivity index (χ4n) is 3.33. The minimum absolute atomic E-state index is 0.0454. The lowest BCUT2D eigenvalue weighted by Crippen LogP contribution is -2.31. The van der Waals surface area contributed by atoms with Crippen molar-refractivity contribution < 1.29 is 27.2 Å². The van der Waals surface area contributed by atoms with Gasteiger partial charge in [0.25, 0.3) is 5.91 Å². The van der Waals surface area contributed by atoms with Crippen LogP contribution in [0.25, 0.3) is 0 Å². The molecule has 0 saturated carbocycles. The Morgan fingerprint density at radius 2 is 1.97 bits per heavy atom. The van der Waals surface area contributed by atoms with E-state index in [2.05, 4.69) is 10.5 Å². The van der Waals surface area contributed by atoms with Crippen LogP contribution in [0.15, 0.2) is 52.5 Å². The number of ether oxygens (including phenoxy) is 1. The molecule has 0 saturated heterocycles. The van der Waals surface area contributed by atoms with Gasteiger partial charge in [-0.3, -0.25) is 4.79 Å². The molecule has 1 aliphatic rings. The molecule has 32 heavy (non-hydrogen) atoms. The molecule has 1 heterocycles. The summed E-state index contributed by atoms with van der Waals surface area (Å²) >= 11 is 0. The van der Waals surface area contributed by atoms with E-state index in [-0.39, 0.29) is 17.0 Å². The average Bonchev–Trinajstić information content (AvgIpc) is 3.26. The summed E-state index contributed by atoms with van der Waals surface area (Å²) < 4.78 is 46.1. The highest BCUT2D eigenvalue weighted by Crippen LogP contribution is 2.30. The summed E-state index contributed by atoms with van der Waals surface area (Å²) in [6, 6.07) is 10.2. The van der Waals surface area contributed by atoms with E-state index >= 15 is 0 Å². The minimum Gasteiger partial charge on any atom is -0.492 e. The van der Waals surface area contributed by atoms with E-state index in [4.69, 9.17) is 9.57 Å². The van der Waals surface area contributed by atoms with Gasteiger partial charge < -0.3 is 14.9 Å². The Bertz CT molecular complexity index is 1120. The van der Waals surface area contributed by atoms with Crippen molar-refractivity contribution in [1.29, 1.82) is 0 Å². The topological polar surface area (TPSA) is 97.3 Å². The summed E-state index contributed by atoms with van der Waals surface area (Å²) in [7, 11) is -3.72. The molecule has 1 N–H and O–H groups in total. The van der Waals surface area contributed by atoms with Gasteiger partial charge in [-0.15, -0.1) is 0 Å². The van der Waals surface area contributed by atoms with Gasteiger partial charge in [-0.05, 0) is 37.3 Å². The lowest BCUT2D eigenvalue weighted by atomic mass is 10.0. The van der Waals surface area contributed by atoms with Crippen molar-refractivity contribution in [3.05, 3.63) is 53.8 Å². The van der Waals surface area contributed by atoms with E-state index in [0.717, 1.165) is 0 Å². The maximum Gasteiger partial charge on any atom is 0.268 e. The highest BCUT2D eigenvalue weighted by atomic mass is 32.2. The molecule has 0 fully saturated rings. The molecule has 0 spiro atoms. The maximum atomic E-state index is 13.5. The predicted molar refractivity (Wildman–Crippen MR) is 119 cm³/mol. The number of rotatable bonds is 9. The van der Waals surface area contributed by atoms with E-state index in [1.54, 1.807) is 32.9 Å². The number of sulfonamides is 1. The maximum absolute atomic E-state index is 13.5. The van der Waals surface area contributed by atoms with Crippen LogP contribution in [0.2, 0.25) is 0 Å². The first-order chi connectivity index (χ1) is 15.3. The standard InChI is InChI=1S/C22H26FN3O5S/c1-4-26(5-2)32(28,29)17-10-11-20(30-6-3)19(13-17)24-22(27)21-14-18(25-31-21)15-8-7-9-16(23)12-15/h7-13,21H,4-6,14H2,1-3H3,(H,24,27). The van der Waals surface area contributed by atoms with Gasteiger partial charge in [0.2, 0.25) is 16.1 Å². The highest BCUT2D eigenvalue weighted by molar-refractivity contribution is 7.89. The van der Waals surface area contributed by atoms with Crippen LogP contribution in [-0.4, -0.2) is 50.1 Å². The smallest absolute Gasteiger partial charge is 0.268 e. The molecule has 1 unspecified atom stereocenters. The number of hydrogen-bond acceptors (Lipinski definition) is 6. The van der Waals surface area contributed by atoms with Crippen LogP contribution in [0.1, 0.15) is 32.8 Å². The van der Waals surface area contributed by atoms with Crippen LogP contribution in [0, 0.1) is 5.82 Å². The van der Waals surface area contributed by atoms with Crippen molar-refractivity contribution in [3.8, 4) is 5.75 Å². The van der Waals surface area contributed by atoms with Crippen LogP contribution >= 0.6 is 0 Å². The number of anilines is 1. The van der Waals surface area contributed by atoms with Crippen LogP contribution in [0.5, 0.6) is 5.75 Å². The molecule has 1 amide bonds. The first kappa shape index (κ1) is 23.7. The van der Waals surface area contributed by atoms with E-state index in [9.17, 15) is 17.6 Å². The van der Waals surface area contributed by atoms with Crippen LogP contribution in [-0.2, 0) is 19.7 Å². The number of carbonyl (C=O) groups excluding carboxylic acids is 1. The normalized spacial score (nSPS) is 15.9. The molecule has 3 rings (SSSR count). The van der Waals surface area contributed by atoms with Crippen molar-refractivity contribution in [2.45, 2.75) is 38.2 Å². The summed E-state index contributed by atoms with van der Waals surface area (Å²) in [5, 5.41) is 6.60. The summed E-state index contributed by atoms with van der Waals surface area (Å²) in [6.45, 7) is 6.27. The van der Waals surface area contributed by atoms with Crippen LogP contribution < -0.4 is 10.1 Å². The van der Waals surface area contributed by atoms with Gasteiger partial charge in [0.05, 0.1) is 22.9 Å². The number of oxime groups is 1. The van der Waals surface area contributed by atoms with E-state index in [1.807, 2.05) is 0 Å². The fourth-order valence-corrected chi connectivity index (χ4v) is 4.82. The zero-order chi connectivity index (χ0) is 23.3. The summed E-state index contributed by atoms with van der Waals surface area (Å²) in [5.41, 5.74) is 1.20. The lowest BCUT2D eigenvalue weighted by molar-refractivity contribution is -0.125. The molecule has 1 atom stereocenters. The molecular weight excluding hydrogens is 437 g/mol. The molecular formula is C22H26FN3O5S. The zero-order valence-corrected chi connectivity index (χ0v) is 19.0. The Morgan fingerprint density at radius 1 is 1.22 bits per heavy atom. The fraction of sp³-hybridized carbons (Fsp3) is 0.364. The summed E-state index contributed by atoms with van der Waals surface area (Å²) in [6.07, 6.45) is -0.790. The van der Waals surface area contributed by atoms with Gasteiger partial charge in [-0.2, -0.15) is 4.31 Å². The third kappa shape index (κ3) is 5.08. The van der Waals surface area contributed by atoms with Gasteiger partial charge >= 0.3 is 0 Å².